The van der Waals surface area contributed by atoms with Crippen LogP contribution in [0.15, 0.2) is 36.4 Å². The molecule has 2 amide bonds. The molecule has 0 unspecified atom stereocenters. The maximum atomic E-state index is 12.2. The van der Waals surface area contributed by atoms with Crippen LogP contribution in [0.1, 0.15) is 73.6 Å². The van der Waals surface area contributed by atoms with Gasteiger partial charge in [0.2, 0.25) is 11.8 Å². The summed E-state index contributed by atoms with van der Waals surface area (Å²) in [6, 6.07) is 12.1. The second-order valence-corrected chi connectivity index (χ2v) is 8.25. The third-order valence-corrected chi connectivity index (χ3v) is 5.55. The van der Waals surface area contributed by atoms with Crippen molar-refractivity contribution in [1.82, 2.24) is 0 Å². The monoisotopic (exact) mass is 408 g/mol. The summed E-state index contributed by atoms with van der Waals surface area (Å²) < 4.78 is 0. The van der Waals surface area contributed by atoms with Gasteiger partial charge in [0, 0.05) is 24.2 Å². The van der Waals surface area contributed by atoms with Gasteiger partial charge >= 0.3 is 0 Å². The highest BCUT2D eigenvalue weighted by Gasteiger charge is 2.08. The van der Waals surface area contributed by atoms with E-state index in [4.69, 9.17) is 0 Å². The minimum absolute atomic E-state index is 0.0931. The maximum Gasteiger partial charge on any atom is 0.224 e. The van der Waals surface area contributed by atoms with E-state index < -0.39 is 0 Å². The van der Waals surface area contributed by atoms with Gasteiger partial charge in [-0.25, -0.2) is 0 Å². The van der Waals surface area contributed by atoms with Crippen molar-refractivity contribution in [2.24, 2.45) is 0 Å². The van der Waals surface area contributed by atoms with Gasteiger partial charge in [-0.3, -0.25) is 9.59 Å². The lowest BCUT2D eigenvalue weighted by Gasteiger charge is -2.11. The zero-order valence-electron chi connectivity index (χ0n) is 18.9. The molecule has 0 fully saturated rings. The van der Waals surface area contributed by atoms with Gasteiger partial charge < -0.3 is 10.6 Å². The van der Waals surface area contributed by atoms with Gasteiger partial charge in [0.15, 0.2) is 0 Å². The number of hydrogen-bond acceptors (Lipinski definition) is 2. The zero-order chi connectivity index (χ0) is 21.9. The Morgan fingerprint density at radius 1 is 0.567 bits per heavy atom. The lowest BCUT2D eigenvalue weighted by Crippen LogP contribution is -2.13. The van der Waals surface area contributed by atoms with Crippen LogP contribution in [0.3, 0.4) is 0 Å². The van der Waals surface area contributed by atoms with E-state index in [1.54, 1.807) is 0 Å². The average molecular weight is 409 g/mol. The second-order valence-electron chi connectivity index (χ2n) is 8.25. The fourth-order valence-electron chi connectivity index (χ4n) is 3.71. The van der Waals surface area contributed by atoms with E-state index in [9.17, 15) is 9.59 Å². The van der Waals surface area contributed by atoms with E-state index in [0.29, 0.717) is 12.8 Å². The molecule has 0 saturated carbocycles. The third kappa shape index (κ3) is 7.66. The van der Waals surface area contributed by atoms with E-state index >= 15 is 0 Å². The number of anilines is 2. The van der Waals surface area contributed by atoms with Gasteiger partial charge in [0.05, 0.1) is 0 Å². The maximum absolute atomic E-state index is 12.2. The Hall–Kier alpha value is -2.62. The number of carbonyl (C=O) groups excluding carboxylic acids is 2. The number of para-hydroxylation sites is 2. The summed E-state index contributed by atoms with van der Waals surface area (Å²) in [7, 11) is 0. The van der Waals surface area contributed by atoms with Crippen molar-refractivity contribution in [3.63, 3.8) is 0 Å². The van der Waals surface area contributed by atoms with Crippen molar-refractivity contribution in [2.45, 2.75) is 79.1 Å². The molecule has 2 N–H and O–H groups in total. The summed E-state index contributed by atoms with van der Waals surface area (Å²) in [4.78, 5) is 24.3. The highest BCUT2D eigenvalue weighted by Crippen LogP contribution is 2.21. The Labute approximate surface area is 181 Å². The van der Waals surface area contributed by atoms with Crippen molar-refractivity contribution in [2.75, 3.05) is 10.6 Å². The summed E-state index contributed by atoms with van der Waals surface area (Å²) in [5.74, 6) is 0.186. The quantitative estimate of drug-likeness (QED) is 0.411. The highest BCUT2D eigenvalue weighted by atomic mass is 16.2. The average Bonchev–Trinajstić information content (AvgIpc) is 2.70. The third-order valence-electron chi connectivity index (χ3n) is 5.55. The number of nitrogens with one attached hydrogen (secondary N) is 2. The fourth-order valence-corrected chi connectivity index (χ4v) is 3.71. The highest BCUT2D eigenvalue weighted by molar-refractivity contribution is 5.92. The minimum atomic E-state index is 0.0931. The van der Waals surface area contributed by atoms with Crippen LogP contribution < -0.4 is 10.6 Å². The smallest absolute Gasteiger partial charge is 0.224 e. The Kier molecular flexibility index (Phi) is 9.59. The molecule has 4 nitrogen and oxygen atoms in total. The van der Waals surface area contributed by atoms with E-state index in [1.807, 2.05) is 64.1 Å². The van der Waals surface area contributed by atoms with E-state index in [2.05, 4.69) is 10.6 Å². The molecule has 162 valence electrons. The van der Waals surface area contributed by atoms with Crippen LogP contribution in [-0.4, -0.2) is 11.8 Å². The van der Waals surface area contributed by atoms with Gasteiger partial charge in [-0.2, -0.15) is 0 Å². The number of amides is 2. The van der Waals surface area contributed by atoms with Gasteiger partial charge in [-0.1, -0.05) is 62.1 Å². The molecule has 2 rings (SSSR count). The van der Waals surface area contributed by atoms with Crippen LogP contribution in [0.4, 0.5) is 11.4 Å². The summed E-state index contributed by atoms with van der Waals surface area (Å²) in [6.07, 6.45) is 7.25. The first-order valence-corrected chi connectivity index (χ1v) is 11.1. The molecule has 0 aromatic heterocycles. The van der Waals surface area contributed by atoms with Gasteiger partial charge in [-0.15, -0.1) is 0 Å². The Morgan fingerprint density at radius 2 is 0.867 bits per heavy atom. The summed E-state index contributed by atoms with van der Waals surface area (Å²) >= 11 is 0. The van der Waals surface area contributed by atoms with Crippen molar-refractivity contribution in [3.8, 4) is 0 Å². The number of aryl methyl sites for hydroxylation is 4. The molecular weight excluding hydrogens is 372 g/mol. The molecule has 2 aromatic rings. The van der Waals surface area contributed by atoms with E-state index in [1.165, 1.54) is 0 Å². The summed E-state index contributed by atoms with van der Waals surface area (Å²) in [6.45, 7) is 8.08. The van der Waals surface area contributed by atoms with Crippen LogP contribution in [0.5, 0.6) is 0 Å². The second kappa shape index (κ2) is 12.2. The normalized spacial score (nSPS) is 10.7. The molecule has 4 heteroatoms. The molecule has 0 aliphatic rings. The van der Waals surface area contributed by atoms with Crippen molar-refractivity contribution >= 4 is 23.2 Å². The SMILES string of the molecule is Cc1cccc(C)c1NC(=O)CCCCCCCCC(=O)Nc1c(C)cccc1C. The number of benzene rings is 2. The summed E-state index contributed by atoms with van der Waals surface area (Å²) in [5, 5.41) is 6.09. The standard InChI is InChI=1S/C26H36N2O2/c1-19-13-11-14-20(2)25(19)27-23(29)17-9-7-5-6-8-10-18-24(30)28-26-21(3)15-12-16-22(26)4/h11-16H,5-10,17-18H2,1-4H3,(H,27,29)(H,28,30). The van der Waals surface area contributed by atoms with Crippen molar-refractivity contribution in [1.29, 1.82) is 0 Å². The van der Waals surface area contributed by atoms with Crippen LogP contribution in [0.25, 0.3) is 0 Å². The molecule has 0 spiro atoms. The van der Waals surface area contributed by atoms with Crippen LogP contribution >= 0.6 is 0 Å². The number of carbonyl (C=O) groups is 2. The van der Waals surface area contributed by atoms with E-state index in [-0.39, 0.29) is 11.8 Å². The molecule has 0 heterocycles. The Bertz CT molecular complexity index is 746. The fraction of sp³-hybridized carbons (Fsp3) is 0.462. The summed E-state index contributed by atoms with van der Waals surface area (Å²) in [5.41, 5.74) is 6.30. The first kappa shape index (κ1) is 23.7. The molecule has 2 aromatic carbocycles. The van der Waals surface area contributed by atoms with Crippen LogP contribution in [0, 0.1) is 27.7 Å². The first-order chi connectivity index (χ1) is 14.4. The predicted octanol–water partition coefficient (Wildman–Crippen LogP) is 6.62. The Morgan fingerprint density at radius 3 is 1.20 bits per heavy atom. The minimum Gasteiger partial charge on any atom is -0.326 e. The van der Waals surface area contributed by atoms with Gasteiger partial charge in [-0.05, 0) is 62.8 Å². The zero-order valence-corrected chi connectivity index (χ0v) is 18.9. The first-order valence-electron chi connectivity index (χ1n) is 11.1. The molecule has 30 heavy (non-hydrogen) atoms. The number of unbranched alkanes of at least 4 members (excludes halogenated alkanes) is 5. The number of rotatable bonds is 11. The van der Waals surface area contributed by atoms with E-state index in [0.717, 1.165) is 72.2 Å². The largest absolute Gasteiger partial charge is 0.326 e. The molecule has 0 radical (unpaired) electrons. The Balaban J connectivity index is 1.54. The van der Waals surface area contributed by atoms with Crippen molar-refractivity contribution in [3.05, 3.63) is 58.7 Å². The lowest BCUT2D eigenvalue weighted by atomic mass is 10.1. The molecule has 0 atom stereocenters. The topological polar surface area (TPSA) is 58.2 Å². The predicted molar refractivity (Wildman–Crippen MR) is 126 cm³/mol. The van der Waals surface area contributed by atoms with Crippen molar-refractivity contribution < 1.29 is 9.59 Å². The molecular formula is C26H36N2O2. The van der Waals surface area contributed by atoms with Crippen LogP contribution in [-0.2, 0) is 9.59 Å². The molecule has 0 aliphatic heterocycles. The van der Waals surface area contributed by atoms with Crippen LogP contribution in [0.2, 0.25) is 0 Å². The number of hydrogen-bond donors (Lipinski definition) is 2. The van der Waals surface area contributed by atoms with Gasteiger partial charge in [0.1, 0.15) is 0 Å². The molecule has 0 saturated heterocycles. The lowest BCUT2D eigenvalue weighted by molar-refractivity contribution is -0.117. The van der Waals surface area contributed by atoms with Gasteiger partial charge in [0.25, 0.3) is 0 Å². The molecule has 0 bridgehead atoms. The molecule has 0 aliphatic carbocycles.